The first kappa shape index (κ1) is 11.9. The second-order valence-electron chi connectivity index (χ2n) is 3.35. The van der Waals surface area contributed by atoms with Crippen molar-refractivity contribution in [1.29, 1.82) is 0 Å². The van der Waals surface area contributed by atoms with Crippen molar-refractivity contribution >= 4 is 11.8 Å². The standard InChI is InChI=1S/C7H5F5O3/c8-6(9,7(10,11)12)5(4(14)15)1-3(13)2-5/h1-2H2,(H,14,15). The summed E-state index contributed by atoms with van der Waals surface area (Å²) in [7, 11) is 0. The minimum absolute atomic E-state index is 0.915. The summed E-state index contributed by atoms with van der Waals surface area (Å²) in [5.41, 5.74) is -3.32. The fourth-order valence-electron chi connectivity index (χ4n) is 1.40. The lowest BCUT2D eigenvalue weighted by atomic mass is 9.63. The third-order valence-electron chi connectivity index (χ3n) is 2.36. The lowest BCUT2D eigenvalue weighted by molar-refractivity contribution is -0.328. The molecule has 1 aliphatic carbocycles. The van der Waals surface area contributed by atoms with Crippen LogP contribution in [0.2, 0.25) is 0 Å². The van der Waals surface area contributed by atoms with Crippen LogP contribution < -0.4 is 0 Å². The molecule has 0 aromatic heterocycles. The van der Waals surface area contributed by atoms with Crippen LogP contribution in [0, 0.1) is 5.41 Å². The van der Waals surface area contributed by atoms with Crippen molar-refractivity contribution in [3.05, 3.63) is 0 Å². The van der Waals surface area contributed by atoms with E-state index in [1.165, 1.54) is 0 Å². The lowest BCUT2D eigenvalue weighted by Gasteiger charge is -2.42. The predicted octanol–water partition coefficient (Wildman–Crippen LogP) is 1.62. The van der Waals surface area contributed by atoms with E-state index in [9.17, 15) is 31.5 Å². The van der Waals surface area contributed by atoms with Gasteiger partial charge in [0.05, 0.1) is 0 Å². The number of aliphatic carboxylic acids is 1. The van der Waals surface area contributed by atoms with Gasteiger partial charge in [0.2, 0.25) is 0 Å². The van der Waals surface area contributed by atoms with E-state index in [4.69, 9.17) is 5.11 Å². The fraction of sp³-hybridized carbons (Fsp3) is 0.714. The zero-order valence-electron chi connectivity index (χ0n) is 7.07. The van der Waals surface area contributed by atoms with Gasteiger partial charge in [0.1, 0.15) is 5.78 Å². The monoisotopic (exact) mass is 232 g/mol. The summed E-state index contributed by atoms with van der Waals surface area (Å²) in [6, 6.07) is 0. The van der Waals surface area contributed by atoms with Gasteiger partial charge in [-0.2, -0.15) is 22.0 Å². The number of rotatable bonds is 2. The third-order valence-corrected chi connectivity index (χ3v) is 2.36. The van der Waals surface area contributed by atoms with Gasteiger partial charge in [-0.3, -0.25) is 9.59 Å². The number of ketones is 1. The molecule has 0 heterocycles. The van der Waals surface area contributed by atoms with Crippen LogP contribution in [-0.2, 0) is 9.59 Å². The number of carboxylic acid groups (broad SMARTS) is 1. The first-order chi connectivity index (χ1) is 6.54. The van der Waals surface area contributed by atoms with E-state index in [1.54, 1.807) is 0 Å². The maximum absolute atomic E-state index is 12.8. The van der Waals surface area contributed by atoms with Gasteiger partial charge in [-0.15, -0.1) is 0 Å². The Balaban J connectivity index is 3.12. The molecular formula is C7H5F5O3. The smallest absolute Gasteiger partial charge is 0.454 e. The number of carbonyl (C=O) groups is 2. The van der Waals surface area contributed by atoms with Crippen molar-refractivity contribution in [3.63, 3.8) is 0 Å². The molecule has 86 valence electrons. The largest absolute Gasteiger partial charge is 0.481 e. The lowest BCUT2D eigenvalue weighted by Crippen LogP contribution is -2.62. The molecule has 0 unspecified atom stereocenters. The molecule has 0 bridgehead atoms. The van der Waals surface area contributed by atoms with Crippen molar-refractivity contribution in [1.82, 2.24) is 0 Å². The average molecular weight is 232 g/mol. The van der Waals surface area contributed by atoms with E-state index < -0.39 is 42.1 Å². The Morgan fingerprint density at radius 1 is 1.20 bits per heavy atom. The first-order valence-corrected chi connectivity index (χ1v) is 3.74. The van der Waals surface area contributed by atoms with Crippen LogP contribution in [0.3, 0.4) is 0 Å². The number of carboxylic acids is 1. The molecule has 1 fully saturated rings. The Morgan fingerprint density at radius 2 is 1.60 bits per heavy atom. The number of hydrogen-bond acceptors (Lipinski definition) is 2. The van der Waals surface area contributed by atoms with Crippen LogP contribution in [0.1, 0.15) is 12.8 Å². The zero-order chi connectivity index (χ0) is 12.1. The molecule has 0 amide bonds. The van der Waals surface area contributed by atoms with Gasteiger partial charge in [-0.25, -0.2) is 0 Å². The molecule has 15 heavy (non-hydrogen) atoms. The molecule has 0 aromatic rings. The highest BCUT2D eigenvalue weighted by atomic mass is 19.4. The van der Waals surface area contributed by atoms with Crippen molar-refractivity contribution in [2.45, 2.75) is 24.9 Å². The molecular weight excluding hydrogens is 227 g/mol. The van der Waals surface area contributed by atoms with E-state index in [2.05, 4.69) is 0 Å². The summed E-state index contributed by atoms with van der Waals surface area (Å²) >= 11 is 0. The van der Waals surface area contributed by atoms with Crippen LogP contribution in [0.4, 0.5) is 22.0 Å². The summed E-state index contributed by atoms with van der Waals surface area (Å²) in [4.78, 5) is 20.8. The molecule has 1 rings (SSSR count). The normalized spacial score (nSPS) is 21.0. The molecule has 0 atom stereocenters. The highest BCUT2D eigenvalue weighted by Gasteiger charge is 2.77. The van der Waals surface area contributed by atoms with Crippen molar-refractivity contribution in [2.24, 2.45) is 5.41 Å². The average Bonchev–Trinajstić information content (AvgIpc) is 1.94. The maximum atomic E-state index is 12.8. The third kappa shape index (κ3) is 1.38. The summed E-state index contributed by atoms with van der Waals surface area (Å²) in [5, 5.41) is 8.37. The number of alkyl halides is 5. The van der Waals surface area contributed by atoms with Gasteiger partial charge in [-0.1, -0.05) is 0 Å². The molecule has 1 N–H and O–H groups in total. The SMILES string of the molecule is O=C1CC(C(=O)O)(C(F)(F)C(F)(F)F)C1. The molecule has 1 saturated carbocycles. The van der Waals surface area contributed by atoms with Gasteiger partial charge in [0.15, 0.2) is 5.41 Å². The second-order valence-corrected chi connectivity index (χ2v) is 3.35. The Hall–Kier alpha value is -1.21. The minimum Gasteiger partial charge on any atom is -0.481 e. The van der Waals surface area contributed by atoms with Crippen LogP contribution in [-0.4, -0.2) is 29.0 Å². The summed E-state index contributed by atoms with van der Waals surface area (Å²) in [5.74, 6) is -8.61. The van der Waals surface area contributed by atoms with Crippen molar-refractivity contribution in [2.75, 3.05) is 0 Å². The van der Waals surface area contributed by atoms with Crippen molar-refractivity contribution < 1.29 is 36.6 Å². The number of hydrogen-bond donors (Lipinski definition) is 1. The maximum Gasteiger partial charge on any atom is 0.454 e. The molecule has 0 saturated heterocycles. The zero-order valence-corrected chi connectivity index (χ0v) is 7.07. The van der Waals surface area contributed by atoms with Gasteiger partial charge in [0.25, 0.3) is 0 Å². The summed E-state index contributed by atoms with van der Waals surface area (Å²) in [6.07, 6.45) is -8.53. The molecule has 0 radical (unpaired) electrons. The summed E-state index contributed by atoms with van der Waals surface area (Å²) < 4.78 is 61.3. The van der Waals surface area contributed by atoms with E-state index in [1.807, 2.05) is 0 Å². The van der Waals surface area contributed by atoms with Crippen molar-refractivity contribution in [3.8, 4) is 0 Å². The Bertz CT molecular complexity index is 311. The quantitative estimate of drug-likeness (QED) is 0.736. The van der Waals surface area contributed by atoms with Crippen LogP contribution in [0.5, 0.6) is 0 Å². The minimum atomic E-state index is -5.97. The first-order valence-electron chi connectivity index (χ1n) is 3.74. The highest BCUT2D eigenvalue weighted by Crippen LogP contribution is 2.57. The van der Waals surface area contributed by atoms with Crippen LogP contribution in [0.15, 0.2) is 0 Å². The van der Waals surface area contributed by atoms with Gasteiger partial charge >= 0.3 is 18.1 Å². The predicted molar refractivity (Wildman–Crippen MR) is 35.3 cm³/mol. The topological polar surface area (TPSA) is 54.4 Å². The Kier molecular flexibility index (Phi) is 2.29. The van der Waals surface area contributed by atoms with E-state index >= 15 is 0 Å². The van der Waals surface area contributed by atoms with E-state index in [-0.39, 0.29) is 0 Å². The highest BCUT2D eigenvalue weighted by molar-refractivity contribution is 5.97. The van der Waals surface area contributed by atoms with E-state index in [0.717, 1.165) is 0 Å². The molecule has 0 spiro atoms. The molecule has 1 aliphatic rings. The molecule has 0 aromatic carbocycles. The van der Waals surface area contributed by atoms with Gasteiger partial charge in [-0.05, 0) is 0 Å². The number of carbonyl (C=O) groups excluding carboxylic acids is 1. The molecule has 8 heteroatoms. The Morgan fingerprint density at radius 3 is 1.80 bits per heavy atom. The van der Waals surface area contributed by atoms with Gasteiger partial charge < -0.3 is 5.11 Å². The van der Waals surface area contributed by atoms with E-state index in [0.29, 0.717) is 0 Å². The summed E-state index contributed by atoms with van der Waals surface area (Å²) in [6.45, 7) is 0. The number of halogens is 5. The van der Waals surface area contributed by atoms with Crippen LogP contribution >= 0.6 is 0 Å². The molecule has 3 nitrogen and oxygen atoms in total. The molecule has 0 aliphatic heterocycles. The fourth-order valence-corrected chi connectivity index (χ4v) is 1.40. The number of Topliss-reactive ketones (excluding diaryl/α,β-unsaturated/α-hetero) is 1. The Labute approximate surface area is 79.9 Å². The van der Waals surface area contributed by atoms with Gasteiger partial charge in [0, 0.05) is 12.8 Å². The second kappa shape index (κ2) is 2.89. The van der Waals surface area contributed by atoms with Crippen LogP contribution in [0.25, 0.3) is 0 Å².